The third-order valence-corrected chi connectivity index (χ3v) is 7.18. The molecule has 1 aromatic heterocycles. The van der Waals surface area contributed by atoms with Crippen LogP contribution in [0.5, 0.6) is 0 Å². The summed E-state index contributed by atoms with van der Waals surface area (Å²) in [6.45, 7) is 9.00. The molecular weight excluding hydrogens is 729 g/mol. The average molecular weight is 780 g/mol. The molecule has 0 bridgehead atoms. The zero-order chi connectivity index (χ0) is 32.1. The summed E-state index contributed by atoms with van der Waals surface area (Å²) in [6.07, 6.45) is 0. The fourth-order valence-corrected chi connectivity index (χ4v) is 5.21. The fraction of sp³-hybridized carbons (Fsp3) is 0.300. The molecular formula is C40H51HfN5. The maximum absolute atomic E-state index is 5.60. The number of benzene rings is 4. The van der Waals surface area contributed by atoms with Crippen molar-refractivity contribution in [1.29, 1.82) is 0 Å². The maximum atomic E-state index is 5.60. The smallest absolute Gasteiger partial charge is 0.673 e. The number of nitrogens with zero attached hydrogens (tertiary/aromatic N) is 5. The zero-order valence-corrected chi connectivity index (χ0v) is 33.0. The molecule has 0 spiro atoms. The third-order valence-electron chi connectivity index (χ3n) is 7.18. The summed E-state index contributed by atoms with van der Waals surface area (Å²) in [5.41, 5.74) is 9.07. The quantitative estimate of drug-likeness (QED) is 0.114. The molecule has 0 saturated heterocycles. The Kier molecular flexibility index (Phi) is 18.3. The average Bonchev–Trinajstić information content (AvgIpc) is 3.38. The van der Waals surface area contributed by atoms with Gasteiger partial charge >= 0.3 is 25.8 Å². The Labute approximate surface area is 298 Å². The van der Waals surface area contributed by atoms with Crippen LogP contribution in [0.15, 0.2) is 109 Å². The number of hydrogen-bond acceptors (Lipinski definition) is 1. The zero-order valence-electron chi connectivity index (χ0n) is 29.4. The van der Waals surface area contributed by atoms with Gasteiger partial charge in [0.25, 0.3) is 0 Å². The Morgan fingerprint density at radius 3 is 1.43 bits per heavy atom. The van der Waals surface area contributed by atoms with Crippen LogP contribution in [0.2, 0.25) is 0 Å². The van der Waals surface area contributed by atoms with Crippen molar-refractivity contribution in [2.24, 2.45) is 7.05 Å². The first-order valence-electron chi connectivity index (χ1n) is 15.3. The molecule has 4 aromatic carbocycles. The molecule has 0 fully saturated rings. The summed E-state index contributed by atoms with van der Waals surface area (Å²) in [4.78, 5) is 5.35. The van der Waals surface area contributed by atoms with Crippen molar-refractivity contribution in [3.8, 4) is 22.6 Å². The molecule has 46 heavy (non-hydrogen) atoms. The molecule has 0 saturated carbocycles. The predicted molar refractivity (Wildman–Crippen MR) is 197 cm³/mol. The molecule has 0 aliphatic carbocycles. The van der Waals surface area contributed by atoms with Crippen molar-refractivity contribution in [3.05, 3.63) is 155 Å². The normalized spacial score (nSPS) is 10.8. The molecule has 0 N–H and O–H groups in total. The van der Waals surface area contributed by atoms with Gasteiger partial charge in [0, 0.05) is 18.2 Å². The Hall–Kier alpha value is -3.32. The molecule has 6 heteroatoms. The van der Waals surface area contributed by atoms with E-state index in [1.165, 1.54) is 11.1 Å². The standard InChI is InChI=1S/C35H36N3.2C2H6N.CH3.Hf/c1-24(2)29-22-15-23-30(25(3)4)32(29)36-31(26-16-9-6-10-17-26)33-34(27-18-11-7-12-19-27)38(5)35(37-33)28-20-13-8-14-21-28;2*1-3-2;;/h6-25,31H,1-5H3;2*1-2H3;1H3;/q4*-1;+4. The van der Waals surface area contributed by atoms with Crippen LogP contribution in [-0.2, 0) is 32.9 Å². The van der Waals surface area contributed by atoms with Crippen molar-refractivity contribution in [2.75, 3.05) is 28.2 Å². The van der Waals surface area contributed by atoms with E-state index in [-0.39, 0.29) is 39.3 Å². The van der Waals surface area contributed by atoms with Crippen molar-refractivity contribution in [1.82, 2.24) is 9.55 Å². The number of aromatic nitrogens is 2. The van der Waals surface area contributed by atoms with Crippen LogP contribution >= 0.6 is 0 Å². The van der Waals surface area contributed by atoms with Crippen LogP contribution in [0.3, 0.4) is 0 Å². The number of imidazole rings is 1. The molecule has 1 atom stereocenters. The summed E-state index contributed by atoms with van der Waals surface area (Å²) < 4.78 is 2.23. The van der Waals surface area contributed by atoms with Gasteiger partial charge in [-0.25, -0.2) is 4.98 Å². The minimum Gasteiger partial charge on any atom is -0.673 e. The van der Waals surface area contributed by atoms with Crippen molar-refractivity contribution in [2.45, 2.75) is 45.6 Å². The van der Waals surface area contributed by atoms with Crippen LogP contribution < -0.4 is 0 Å². The van der Waals surface area contributed by atoms with E-state index in [0.29, 0.717) is 11.8 Å². The Balaban J connectivity index is 0.00000123. The molecule has 5 nitrogen and oxygen atoms in total. The topological polar surface area (TPSA) is 60.1 Å². The monoisotopic (exact) mass is 781 g/mol. The molecule has 0 amide bonds. The van der Waals surface area contributed by atoms with Crippen LogP contribution in [-0.4, -0.2) is 37.7 Å². The minimum atomic E-state index is -0.257. The number of para-hydroxylation sites is 1. The molecule has 1 unspecified atom stereocenters. The van der Waals surface area contributed by atoms with Gasteiger partial charge in [0.2, 0.25) is 0 Å². The van der Waals surface area contributed by atoms with Gasteiger partial charge in [0.1, 0.15) is 5.82 Å². The molecule has 0 aliphatic rings. The van der Waals surface area contributed by atoms with Gasteiger partial charge in [-0.05, 0) is 17.9 Å². The number of rotatable bonds is 8. The van der Waals surface area contributed by atoms with E-state index in [1.807, 2.05) is 6.07 Å². The van der Waals surface area contributed by atoms with Gasteiger partial charge in [0.15, 0.2) is 0 Å². The van der Waals surface area contributed by atoms with Gasteiger partial charge in [0.05, 0.1) is 11.4 Å². The van der Waals surface area contributed by atoms with Gasteiger partial charge in [-0.1, -0.05) is 154 Å². The van der Waals surface area contributed by atoms with E-state index in [1.54, 1.807) is 28.2 Å². The van der Waals surface area contributed by atoms with E-state index in [9.17, 15) is 0 Å². The molecule has 5 aromatic rings. The largest absolute Gasteiger partial charge is 4.00 e. The van der Waals surface area contributed by atoms with Gasteiger partial charge in [-0.3, -0.25) is 0 Å². The summed E-state index contributed by atoms with van der Waals surface area (Å²) >= 11 is 0. The van der Waals surface area contributed by atoms with Gasteiger partial charge in [-0.2, -0.15) is 28.2 Å². The van der Waals surface area contributed by atoms with E-state index in [4.69, 9.17) is 10.3 Å². The summed E-state index contributed by atoms with van der Waals surface area (Å²) in [5, 5.41) is 12.6. The summed E-state index contributed by atoms with van der Waals surface area (Å²) in [5.74, 6) is 1.67. The van der Waals surface area contributed by atoms with E-state index < -0.39 is 0 Å². The van der Waals surface area contributed by atoms with Crippen LogP contribution in [0, 0.1) is 7.43 Å². The number of hydrogen-bond donors (Lipinski definition) is 0. The predicted octanol–water partition coefficient (Wildman–Crippen LogP) is 11.5. The van der Waals surface area contributed by atoms with E-state index >= 15 is 0 Å². The van der Waals surface area contributed by atoms with E-state index in [2.05, 4.69) is 153 Å². The second-order valence-electron chi connectivity index (χ2n) is 11.4. The fourth-order valence-electron chi connectivity index (χ4n) is 5.21. The van der Waals surface area contributed by atoms with Crippen molar-refractivity contribution < 1.29 is 25.8 Å². The van der Waals surface area contributed by atoms with Crippen LogP contribution in [0.1, 0.15) is 68.0 Å². The Bertz CT molecular complexity index is 1500. The minimum absolute atomic E-state index is 0. The summed E-state index contributed by atoms with van der Waals surface area (Å²) in [7, 11) is 9.12. The first-order valence-corrected chi connectivity index (χ1v) is 15.3. The Morgan fingerprint density at radius 2 is 1.00 bits per heavy atom. The molecule has 0 aliphatic heterocycles. The van der Waals surface area contributed by atoms with Crippen molar-refractivity contribution in [3.63, 3.8) is 0 Å². The van der Waals surface area contributed by atoms with E-state index in [0.717, 1.165) is 39.6 Å². The van der Waals surface area contributed by atoms with Gasteiger partial charge < -0.3 is 27.9 Å². The maximum Gasteiger partial charge on any atom is 4.00 e. The van der Waals surface area contributed by atoms with Crippen molar-refractivity contribution >= 4 is 5.69 Å². The SMILES string of the molecule is CC(C)c1cccc(C(C)C)c1[N-]C(c1ccccc1)c1nc(-c2ccccc2)n(C)c1-c1ccccc1.C[N-]C.C[N-]C.[CH3-].[Hf+4]. The first kappa shape index (κ1) is 40.7. The molecule has 5 rings (SSSR count). The second kappa shape index (κ2) is 20.7. The van der Waals surface area contributed by atoms with Crippen LogP contribution in [0.4, 0.5) is 5.69 Å². The molecule has 240 valence electrons. The Morgan fingerprint density at radius 1 is 0.587 bits per heavy atom. The third kappa shape index (κ3) is 10.3. The summed E-state index contributed by atoms with van der Waals surface area (Å²) in [6, 6.07) is 38.0. The second-order valence-corrected chi connectivity index (χ2v) is 11.4. The van der Waals surface area contributed by atoms with Crippen LogP contribution in [0.25, 0.3) is 38.6 Å². The first-order chi connectivity index (χ1) is 21.3. The van der Waals surface area contributed by atoms with Gasteiger partial charge in [-0.15, -0.1) is 5.69 Å². The molecule has 0 radical (unpaired) electrons. The molecule has 1 heterocycles.